The highest BCUT2D eigenvalue weighted by Crippen LogP contribution is 2.43. The maximum atomic E-state index is 15.5. The number of methoxy groups -OCH3 is 2. The van der Waals surface area contributed by atoms with Gasteiger partial charge in [-0.05, 0) is 63.4 Å². The number of rotatable bonds is 7. The number of hydrogen-bond acceptors (Lipinski definition) is 11. The van der Waals surface area contributed by atoms with Gasteiger partial charge in [0.1, 0.15) is 28.9 Å². The highest BCUT2D eigenvalue weighted by atomic mass is 35.5. The largest absolute Gasteiger partial charge is 0.496 e. The summed E-state index contributed by atoms with van der Waals surface area (Å²) in [6.07, 6.45) is 0.863. The summed E-state index contributed by atoms with van der Waals surface area (Å²) in [6, 6.07) is 5.84. The van der Waals surface area contributed by atoms with Gasteiger partial charge in [0.15, 0.2) is 5.65 Å². The molecule has 16 heteroatoms. The van der Waals surface area contributed by atoms with E-state index in [2.05, 4.69) is 4.98 Å². The van der Waals surface area contributed by atoms with Crippen LogP contribution in [0.3, 0.4) is 0 Å². The molecule has 0 spiro atoms. The Labute approximate surface area is 297 Å². The van der Waals surface area contributed by atoms with Crippen molar-refractivity contribution in [2.45, 2.75) is 59.1 Å². The number of piperazine rings is 1. The quantitative estimate of drug-likeness (QED) is 0.122. The first-order valence-corrected chi connectivity index (χ1v) is 16.4. The van der Waals surface area contributed by atoms with Crippen LogP contribution in [0.25, 0.3) is 28.0 Å². The molecule has 1 aliphatic rings. The molecule has 0 radical (unpaired) electrons. The second-order valence-electron chi connectivity index (χ2n) is 13.3. The molecule has 51 heavy (non-hydrogen) atoms. The van der Waals surface area contributed by atoms with Crippen LogP contribution in [0.4, 0.5) is 20.6 Å². The molecule has 1 atom stereocenters. The zero-order valence-corrected chi connectivity index (χ0v) is 30.2. The summed E-state index contributed by atoms with van der Waals surface area (Å²) in [5.74, 6) is -1.69. The summed E-state index contributed by atoms with van der Waals surface area (Å²) in [7, 11) is 2.49. The second kappa shape index (κ2) is 14.1. The lowest BCUT2D eigenvalue weighted by Gasteiger charge is -2.41. The van der Waals surface area contributed by atoms with Crippen LogP contribution in [0.2, 0.25) is 5.02 Å². The number of carbonyl (C=O) groups is 2. The lowest BCUT2D eigenvalue weighted by molar-refractivity contribution is -0.385. The Kier molecular flexibility index (Phi) is 10.2. The van der Waals surface area contributed by atoms with Gasteiger partial charge >= 0.3 is 23.3 Å². The topological polar surface area (TPSA) is 159 Å². The Morgan fingerprint density at radius 1 is 1.14 bits per heavy atom. The molecular formula is C35H38ClFN6O8. The van der Waals surface area contributed by atoms with Crippen LogP contribution in [0.5, 0.6) is 5.75 Å². The predicted octanol–water partition coefficient (Wildman–Crippen LogP) is 6.19. The van der Waals surface area contributed by atoms with Crippen molar-refractivity contribution < 1.29 is 33.1 Å². The van der Waals surface area contributed by atoms with Gasteiger partial charge in [-0.3, -0.25) is 24.5 Å². The molecule has 14 nitrogen and oxygen atoms in total. The van der Waals surface area contributed by atoms with Crippen molar-refractivity contribution in [3.63, 3.8) is 0 Å². The number of aryl methyl sites for hydroxylation is 1. The molecule has 0 saturated carbocycles. The zero-order chi connectivity index (χ0) is 37.5. The van der Waals surface area contributed by atoms with E-state index in [1.54, 1.807) is 40.0 Å². The molecule has 4 heterocycles. The van der Waals surface area contributed by atoms with Crippen molar-refractivity contribution >= 4 is 46.1 Å². The minimum atomic E-state index is -1.31. The van der Waals surface area contributed by atoms with Crippen LogP contribution in [0.15, 0.2) is 41.3 Å². The van der Waals surface area contributed by atoms with Crippen LogP contribution in [-0.2, 0) is 14.3 Å². The molecule has 0 N–H and O–H groups in total. The number of pyridine rings is 3. The van der Waals surface area contributed by atoms with Gasteiger partial charge in [0.05, 0.1) is 58.7 Å². The fourth-order valence-corrected chi connectivity index (χ4v) is 6.41. The number of nitro groups is 1. The third-order valence-corrected chi connectivity index (χ3v) is 8.67. The first kappa shape index (κ1) is 37.0. The number of ether oxygens (including phenoxy) is 3. The molecule has 5 rings (SSSR count). The van der Waals surface area contributed by atoms with Crippen LogP contribution in [-0.4, -0.2) is 81.9 Å². The van der Waals surface area contributed by atoms with E-state index in [0.29, 0.717) is 11.3 Å². The highest BCUT2D eigenvalue weighted by Gasteiger charge is 2.42. The van der Waals surface area contributed by atoms with E-state index in [1.807, 2.05) is 13.8 Å². The monoisotopic (exact) mass is 724 g/mol. The minimum Gasteiger partial charge on any atom is -0.496 e. The SMILES string of the molecule is COC(=O)[C@H]1CN(C(=O)OC(C)(C)C)CCN1c1c([N+](=O)[O-])c(=O)n(-c2c(C)ccnc2C(C)C)c2nc(-c3c(F)cccc3OC)c(Cl)cc12. The summed E-state index contributed by atoms with van der Waals surface area (Å²) < 4.78 is 32.6. The van der Waals surface area contributed by atoms with E-state index in [0.717, 1.165) is 11.7 Å². The van der Waals surface area contributed by atoms with Crippen LogP contribution < -0.4 is 15.2 Å². The number of hydrogen-bond donors (Lipinski definition) is 0. The third kappa shape index (κ3) is 6.89. The highest BCUT2D eigenvalue weighted by molar-refractivity contribution is 6.34. The second-order valence-corrected chi connectivity index (χ2v) is 13.7. The number of fused-ring (bicyclic) bond motifs is 1. The van der Waals surface area contributed by atoms with Crippen molar-refractivity contribution in [2.24, 2.45) is 0 Å². The molecule has 4 aromatic rings. The lowest BCUT2D eigenvalue weighted by atomic mass is 10.0. The van der Waals surface area contributed by atoms with Crippen LogP contribution in [0.1, 0.15) is 51.8 Å². The molecule has 1 amide bonds. The van der Waals surface area contributed by atoms with Gasteiger partial charge in [-0.2, -0.15) is 0 Å². The average molecular weight is 725 g/mol. The molecule has 0 bridgehead atoms. The van der Waals surface area contributed by atoms with Gasteiger partial charge in [-0.15, -0.1) is 0 Å². The number of nitrogens with zero attached hydrogens (tertiary/aromatic N) is 6. The van der Waals surface area contributed by atoms with E-state index >= 15 is 4.39 Å². The maximum absolute atomic E-state index is 15.5. The van der Waals surface area contributed by atoms with Gasteiger partial charge < -0.3 is 24.0 Å². The van der Waals surface area contributed by atoms with E-state index in [1.165, 1.54) is 41.2 Å². The molecule has 1 fully saturated rings. The van der Waals surface area contributed by atoms with Crippen LogP contribution in [0, 0.1) is 22.9 Å². The Balaban J connectivity index is 1.91. The summed E-state index contributed by atoms with van der Waals surface area (Å²) in [4.78, 5) is 65.2. The summed E-state index contributed by atoms with van der Waals surface area (Å²) in [5, 5.41) is 12.9. The van der Waals surface area contributed by atoms with Gasteiger partial charge in [-0.1, -0.05) is 31.5 Å². The minimum absolute atomic E-state index is 0.00272. The first-order chi connectivity index (χ1) is 24.0. The van der Waals surface area contributed by atoms with Gasteiger partial charge in [-0.25, -0.2) is 19.0 Å². The first-order valence-electron chi connectivity index (χ1n) is 16.0. The van der Waals surface area contributed by atoms with Gasteiger partial charge in [0.2, 0.25) is 0 Å². The number of halogens is 2. The van der Waals surface area contributed by atoms with Gasteiger partial charge in [0, 0.05) is 19.3 Å². The molecule has 0 unspecified atom stereocenters. The van der Waals surface area contributed by atoms with E-state index in [9.17, 15) is 24.5 Å². The normalized spacial score (nSPS) is 14.9. The van der Waals surface area contributed by atoms with Crippen molar-refractivity contribution in [3.8, 4) is 22.7 Å². The Morgan fingerprint density at radius 2 is 1.84 bits per heavy atom. The van der Waals surface area contributed by atoms with E-state index < -0.39 is 45.7 Å². The summed E-state index contributed by atoms with van der Waals surface area (Å²) >= 11 is 6.85. The van der Waals surface area contributed by atoms with E-state index in [-0.39, 0.29) is 70.0 Å². The molecule has 0 aliphatic carbocycles. The average Bonchev–Trinajstić information content (AvgIpc) is 3.06. The number of anilines is 1. The zero-order valence-electron chi connectivity index (χ0n) is 29.4. The number of carbonyl (C=O) groups excluding carboxylic acids is 2. The number of amides is 1. The summed E-state index contributed by atoms with van der Waals surface area (Å²) in [5.41, 5.74) is -2.15. The molecule has 1 aliphatic heterocycles. The maximum Gasteiger partial charge on any atom is 0.410 e. The van der Waals surface area contributed by atoms with Crippen molar-refractivity contribution in [3.05, 3.63) is 79.1 Å². The lowest BCUT2D eigenvalue weighted by Crippen LogP contribution is -2.59. The van der Waals surface area contributed by atoms with Gasteiger partial charge in [0.25, 0.3) is 0 Å². The molecular weight excluding hydrogens is 687 g/mol. The standard InChI is InChI=1S/C35H38ClFN6O8/c1-18(2)26-28(19(3)12-13-38-26)42-31-20(16-21(36)27(39-31)25-22(37)10-9-11-24(25)49-7)29(30(32(42)44)43(47)48)41-15-14-40(17-23(41)33(45)50-8)34(46)51-35(4,5)6/h9-13,16,18,23H,14-15,17H2,1-8H3/t23-/m1/s1. The number of benzene rings is 1. The Hall–Kier alpha value is -5.31. The number of esters is 1. The van der Waals surface area contributed by atoms with E-state index in [4.69, 9.17) is 30.8 Å². The smallest absolute Gasteiger partial charge is 0.410 e. The molecule has 3 aromatic heterocycles. The molecule has 1 saturated heterocycles. The predicted molar refractivity (Wildman–Crippen MR) is 189 cm³/mol. The van der Waals surface area contributed by atoms with Crippen molar-refractivity contribution in [1.29, 1.82) is 0 Å². The fourth-order valence-electron chi connectivity index (χ4n) is 6.16. The Morgan fingerprint density at radius 3 is 2.45 bits per heavy atom. The summed E-state index contributed by atoms with van der Waals surface area (Å²) in [6.45, 7) is 10.0. The van der Waals surface area contributed by atoms with Crippen molar-refractivity contribution in [2.75, 3.05) is 38.8 Å². The van der Waals surface area contributed by atoms with Crippen molar-refractivity contribution in [1.82, 2.24) is 19.4 Å². The fraction of sp³-hybridized carbons (Fsp3) is 0.400. The van der Waals surface area contributed by atoms with Crippen LogP contribution >= 0.6 is 11.6 Å². The number of aromatic nitrogens is 3. The Bertz CT molecular complexity index is 2120. The molecule has 270 valence electrons. The molecule has 1 aromatic carbocycles. The third-order valence-electron chi connectivity index (χ3n) is 8.38.